The number of piperazine rings is 1. The molecule has 0 spiro atoms. The van der Waals surface area contributed by atoms with Gasteiger partial charge in [0.1, 0.15) is 6.04 Å². The molecule has 1 aliphatic heterocycles. The lowest BCUT2D eigenvalue weighted by Crippen LogP contribution is -2.55. The van der Waals surface area contributed by atoms with Gasteiger partial charge in [0.25, 0.3) is 0 Å². The van der Waals surface area contributed by atoms with Gasteiger partial charge in [0.05, 0.1) is 13.0 Å². The third kappa shape index (κ3) is 5.02. The van der Waals surface area contributed by atoms with Crippen molar-refractivity contribution in [2.75, 3.05) is 39.3 Å². The van der Waals surface area contributed by atoms with E-state index in [0.29, 0.717) is 32.7 Å². The summed E-state index contributed by atoms with van der Waals surface area (Å²) in [5.74, 6) is -2.08. The number of hydrogen-bond donors (Lipinski definition) is 4. The van der Waals surface area contributed by atoms with Crippen molar-refractivity contribution in [3.63, 3.8) is 0 Å². The topological polar surface area (TPSA) is 136 Å². The first-order chi connectivity index (χ1) is 9.43. The van der Waals surface area contributed by atoms with Crippen molar-refractivity contribution >= 4 is 17.9 Å². The highest BCUT2D eigenvalue weighted by molar-refractivity contribution is 5.87. The van der Waals surface area contributed by atoms with Gasteiger partial charge in [-0.25, -0.2) is 9.59 Å². The van der Waals surface area contributed by atoms with Crippen molar-refractivity contribution in [1.29, 1.82) is 0 Å². The molecule has 1 fully saturated rings. The molecular weight excluding hydrogens is 268 g/mol. The highest BCUT2D eigenvalue weighted by Gasteiger charge is 2.26. The summed E-state index contributed by atoms with van der Waals surface area (Å²) < 4.78 is 0. The summed E-state index contributed by atoms with van der Waals surface area (Å²) in [7, 11) is 0. The minimum Gasteiger partial charge on any atom is -0.480 e. The minimum absolute atomic E-state index is 0.0614. The lowest BCUT2D eigenvalue weighted by atomic mass is 10.2. The molecule has 0 bridgehead atoms. The lowest BCUT2D eigenvalue weighted by molar-refractivity contribution is -0.141. The van der Waals surface area contributed by atoms with Crippen LogP contribution in [-0.4, -0.2) is 83.3 Å². The van der Waals surface area contributed by atoms with Gasteiger partial charge in [-0.3, -0.25) is 9.69 Å². The first kappa shape index (κ1) is 16.2. The maximum absolute atomic E-state index is 11.9. The summed E-state index contributed by atoms with van der Waals surface area (Å²) in [5.41, 5.74) is 4.94. The number of urea groups is 1. The fourth-order valence-electron chi connectivity index (χ4n) is 1.96. The number of carboxylic acids is 1. The van der Waals surface area contributed by atoms with Crippen LogP contribution in [0.2, 0.25) is 0 Å². The van der Waals surface area contributed by atoms with E-state index in [9.17, 15) is 14.4 Å². The molecule has 1 saturated heterocycles. The first-order valence-electron chi connectivity index (χ1n) is 6.33. The number of aliphatic hydroxyl groups excluding tert-OH is 1. The maximum atomic E-state index is 11.9. The quantitative estimate of drug-likeness (QED) is 0.431. The van der Waals surface area contributed by atoms with Crippen LogP contribution in [-0.2, 0) is 9.59 Å². The number of hydrogen-bond acceptors (Lipinski definition) is 5. The standard InChI is InChI=1S/C11H20N4O5/c12-9(17)7-8(10(18)19)13-11(20)15-3-1-14(2-4-15)5-6-16/h8,16H,1-7H2,(H2,12,17)(H,13,20)(H,18,19). The van der Waals surface area contributed by atoms with Crippen LogP contribution >= 0.6 is 0 Å². The lowest BCUT2D eigenvalue weighted by Gasteiger charge is -2.34. The van der Waals surface area contributed by atoms with Crippen molar-refractivity contribution < 1.29 is 24.6 Å². The van der Waals surface area contributed by atoms with Crippen molar-refractivity contribution in [1.82, 2.24) is 15.1 Å². The molecule has 9 heteroatoms. The molecule has 9 nitrogen and oxygen atoms in total. The van der Waals surface area contributed by atoms with Crippen LogP contribution in [0.4, 0.5) is 4.79 Å². The Hall–Kier alpha value is -1.87. The third-order valence-corrected chi connectivity index (χ3v) is 3.08. The van der Waals surface area contributed by atoms with E-state index in [2.05, 4.69) is 5.32 Å². The predicted octanol–water partition coefficient (Wildman–Crippen LogP) is -2.37. The number of β-amino-alcohol motifs (C(OH)–C–C–N with tert-alkyl or cyclic N) is 1. The van der Waals surface area contributed by atoms with Gasteiger partial charge in [0.15, 0.2) is 0 Å². The van der Waals surface area contributed by atoms with Crippen LogP contribution in [0.5, 0.6) is 0 Å². The first-order valence-corrected chi connectivity index (χ1v) is 6.33. The SMILES string of the molecule is NC(=O)CC(NC(=O)N1CCN(CCO)CC1)C(=O)O. The van der Waals surface area contributed by atoms with Crippen LogP contribution in [0, 0.1) is 0 Å². The van der Waals surface area contributed by atoms with Gasteiger partial charge in [0, 0.05) is 32.7 Å². The van der Waals surface area contributed by atoms with Crippen molar-refractivity contribution in [3.8, 4) is 0 Å². The van der Waals surface area contributed by atoms with Crippen molar-refractivity contribution in [2.45, 2.75) is 12.5 Å². The van der Waals surface area contributed by atoms with Gasteiger partial charge in [-0.2, -0.15) is 0 Å². The number of aliphatic carboxylic acids is 1. The molecule has 114 valence electrons. The molecule has 3 amide bonds. The number of nitrogens with zero attached hydrogens (tertiary/aromatic N) is 2. The molecule has 0 aromatic carbocycles. The Morgan fingerprint density at radius 3 is 2.25 bits per heavy atom. The zero-order chi connectivity index (χ0) is 15.1. The Balaban J connectivity index is 2.45. The average Bonchev–Trinajstić information content (AvgIpc) is 2.38. The molecular formula is C11H20N4O5. The number of nitrogens with one attached hydrogen (secondary N) is 1. The normalized spacial score (nSPS) is 17.6. The second-order valence-electron chi connectivity index (χ2n) is 4.56. The number of amides is 3. The largest absolute Gasteiger partial charge is 0.480 e. The van der Waals surface area contributed by atoms with Crippen LogP contribution < -0.4 is 11.1 Å². The number of rotatable bonds is 6. The van der Waals surface area contributed by atoms with E-state index >= 15 is 0 Å². The number of carbonyl (C=O) groups is 3. The summed E-state index contributed by atoms with van der Waals surface area (Å²) in [4.78, 5) is 37.0. The smallest absolute Gasteiger partial charge is 0.326 e. The number of nitrogens with two attached hydrogens (primary N) is 1. The summed E-state index contributed by atoms with van der Waals surface area (Å²) in [5, 5.41) is 20.0. The second kappa shape index (κ2) is 7.65. The van der Waals surface area contributed by atoms with Crippen LogP contribution in [0.15, 0.2) is 0 Å². The van der Waals surface area contributed by atoms with Gasteiger partial charge in [-0.05, 0) is 0 Å². The molecule has 0 aromatic rings. The van der Waals surface area contributed by atoms with Crippen LogP contribution in [0.3, 0.4) is 0 Å². The fraction of sp³-hybridized carbons (Fsp3) is 0.727. The molecule has 20 heavy (non-hydrogen) atoms. The molecule has 0 aromatic heterocycles. The Labute approximate surface area is 116 Å². The molecule has 5 N–H and O–H groups in total. The van der Waals surface area contributed by atoms with Crippen LogP contribution in [0.25, 0.3) is 0 Å². The zero-order valence-corrected chi connectivity index (χ0v) is 11.1. The maximum Gasteiger partial charge on any atom is 0.326 e. The summed E-state index contributed by atoms with van der Waals surface area (Å²) in [6.07, 6.45) is -0.439. The number of carboxylic acid groups (broad SMARTS) is 1. The average molecular weight is 288 g/mol. The van der Waals surface area contributed by atoms with Crippen molar-refractivity contribution in [3.05, 3.63) is 0 Å². The van der Waals surface area contributed by atoms with Gasteiger partial charge < -0.3 is 26.2 Å². The van der Waals surface area contributed by atoms with E-state index in [1.807, 2.05) is 4.90 Å². The second-order valence-corrected chi connectivity index (χ2v) is 4.56. The van der Waals surface area contributed by atoms with Gasteiger partial charge in [0.2, 0.25) is 5.91 Å². The minimum atomic E-state index is -1.31. The van der Waals surface area contributed by atoms with E-state index in [1.165, 1.54) is 4.90 Å². The summed E-state index contributed by atoms with van der Waals surface area (Å²) in [6.45, 7) is 2.72. The van der Waals surface area contributed by atoms with E-state index in [-0.39, 0.29) is 6.61 Å². The Bertz CT molecular complexity index is 368. The van der Waals surface area contributed by atoms with E-state index in [0.717, 1.165) is 0 Å². The van der Waals surface area contributed by atoms with Gasteiger partial charge in [-0.15, -0.1) is 0 Å². The number of primary amides is 1. The number of carbonyl (C=O) groups excluding carboxylic acids is 2. The monoisotopic (exact) mass is 288 g/mol. The Kier molecular flexibility index (Phi) is 6.19. The van der Waals surface area contributed by atoms with Crippen molar-refractivity contribution in [2.24, 2.45) is 5.73 Å². The molecule has 1 atom stereocenters. The molecule has 0 radical (unpaired) electrons. The van der Waals surface area contributed by atoms with Gasteiger partial charge in [-0.1, -0.05) is 0 Å². The van der Waals surface area contributed by atoms with Gasteiger partial charge >= 0.3 is 12.0 Å². The molecule has 0 aliphatic carbocycles. The third-order valence-electron chi connectivity index (χ3n) is 3.08. The highest BCUT2D eigenvalue weighted by Crippen LogP contribution is 2.03. The Morgan fingerprint density at radius 1 is 1.20 bits per heavy atom. The molecule has 1 rings (SSSR count). The zero-order valence-electron chi connectivity index (χ0n) is 11.1. The van der Waals surface area contributed by atoms with Crippen LogP contribution in [0.1, 0.15) is 6.42 Å². The molecule has 1 unspecified atom stereocenters. The summed E-state index contributed by atoms with van der Waals surface area (Å²) >= 11 is 0. The molecule has 0 saturated carbocycles. The fourth-order valence-corrected chi connectivity index (χ4v) is 1.96. The van der Waals surface area contributed by atoms with E-state index in [4.69, 9.17) is 15.9 Å². The van der Waals surface area contributed by atoms with E-state index in [1.54, 1.807) is 0 Å². The predicted molar refractivity (Wildman–Crippen MR) is 68.9 cm³/mol. The Morgan fingerprint density at radius 2 is 1.80 bits per heavy atom. The summed E-state index contributed by atoms with van der Waals surface area (Å²) in [6, 6.07) is -1.84. The molecule has 1 aliphatic rings. The highest BCUT2D eigenvalue weighted by atomic mass is 16.4. The molecule has 1 heterocycles. The number of aliphatic hydroxyl groups is 1. The van der Waals surface area contributed by atoms with E-state index < -0.39 is 30.4 Å².